The second kappa shape index (κ2) is 6.87. The molecular weight excluding hydrogens is 357 g/mol. The second-order valence-electron chi connectivity index (χ2n) is 6.28. The number of thiophene rings is 1. The molecule has 1 aromatic heterocycles. The lowest BCUT2D eigenvalue weighted by atomic mass is 9.92. The third kappa shape index (κ3) is 3.32. The standard InChI is InChI=1S/C18H18FN3O3S/c1-18(12-5-7-13(19)8-6-12)16(24)22(17(25)20-18)11-15(23)21(2)10-14-4-3-9-26-14/h3-9H,10-11H2,1-2H3,(H,20,25). The van der Waals surface area contributed by atoms with Crippen LogP contribution < -0.4 is 5.32 Å². The molecular formula is C18H18FN3O3S. The summed E-state index contributed by atoms with van der Waals surface area (Å²) in [6.45, 7) is 1.61. The van der Waals surface area contributed by atoms with Gasteiger partial charge in [-0.15, -0.1) is 11.3 Å². The minimum absolute atomic E-state index is 0.342. The van der Waals surface area contributed by atoms with Gasteiger partial charge in [-0.1, -0.05) is 18.2 Å². The zero-order valence-electron chi connectivity index (χ0n) is 14.4. The Labute approximate surface area is 154 Å². The van der Waals surface area contributed by atoms with Crippen molar-refractivity contribution in [2.24, 2.45) is 0 Å². The zero-order chi connectivity index (χ0) is 18.9. The molecule has 136 valence electrons. The average molecular weight is 375 g/mol. The number of likely N-dealkylation sites (N-methyl/N-ethyl adjacent to an activating group) is 1. The topological polar surface area (TPSA) is 69.7 Å². The molecule has 0 aliphatic carbocycles. The summed E-state index contributed by atoms with van der Waals surface area (Å²) in [6, 6.07) is 8.51. The van der Waals surface area contributed by atoms with Gasteiger partial charge in [0.15, 0.2) is 0 Å². The fourth-order valence-electron chi connectivity index (χ4n) is 2.80. The van der Waals surface area contributed by atoms with Crippen molar-refractivity contribution in [1.29, 1.82) is 0 Å². The number of imide groups is 1. The van der Waals surface area contributed by atoms with E-state index < -0.39 is 23.3 Å². The molecule has 1 atom stereocenters. The van der Waals surface area contributed by atoms with E-state index in [1.54, 1.807) is 14.0 Å². The van der Waals surface area contributed by atoms with E-state index in [1.807, 2.05) is 17.5 Å². The third-order valence-corrected chi connectivity index (χ3v) is 5.25. The number of hydrogen-bond acceptors (Lipinski definition) is 4. The summed E-state index contributed by atoms with van der Waals surface area (Å²) in [5.74, 6) is -1.31. The van der Waals surface area contributed by atoms with E-state index in [2.05, 4.69) is 5.32 Å². The molecule has 1 fully saturated rings. The maximum Gasteiger partial charge on any atom is 0.325 e. The zero-order valence-corrected chi connectivity index (χ0v) is 15.2. The molecule has 0 spiro atoms. The molecule has 26 heavy (non-hydrogen) atoms. The smallest absolute Gasteiger partial charge is 0.325 e. The molecule has 2 aromatic rings. The first-order chi connectivity index (χ1) is 12.3. The summed E-state index contributed by atoms with van der Waals surface area (Å²) in [4.78, 5) is 40.8. The van der Waals surface area contributed by atoms with Crippen LogP contribution in [0.3, 0.4) is 0 Å². The molecule has 8 heteroatoms. The van der Waals surface area contributed by atoms with Crippen molar-refractivity contribution < 1.29 is 18.8 Å². The van der Waals surface area contributed by atoms with Crippen LogP contribution in [0.1, 0.15) is 17.4 Å². The van der Waals surface area contributed by atoms with Crippen molar-refractivity contribution >= 4 is 29.2 Å². The van der Waals surface area contributed by atoms with Gasteiger partial charge >= 0.3 is 6.03 Å². The summed E-state index contributed by atoms with van der Waals surface area (Å²) < 4.78 is 13.1. The number of urea groups is 1. The normalized spacial score (nSPS) is 19.6. The van der Waals surface area contributed by atoms with Crippen molar-refractivity contribution in [2.75, 3.05) is 13.6 Å². The predicted molar refractivity (Wildman–Crippen MR) is 94.8 cm³/mol. The number of rotatable bonds is 5. The van der Waals surface area contributed by atoms with E-state index >= 15 is 0 Å². The number of amides is 4. The van der Waals surface area contributed by atoms with Crippen LogP contribution in [0.4, 0.5) is 9.18 Å². The number of carbonyl (C=O) groups is 3. The quantitative estimate of drug-likeness (QED) is 0.816. The lowest BCUT2D eigenvalue weighted by Crippen LogP contribution is -2.43. The van der Waals surface area contributed by atoms with Gasteiger partial charge in [-0.2, -0.15) is 0 Å². The highest BCUT2D eigenvalue weighted by molar-refractivity contribution is 7.09. The Kier molecular flexibility index (Phi) is 4.78. The Bertz CT molecular complexity index is 838. The van der Waals surface area contributed by atoms with E-state index in [0.29, 0.717) is 12.1 Å². The van der Waals surface area contributed by atoms with E-state index in [1.165, 1.54) is 40.5 Å². The summed E-state index contributed by atoms with van der Waals surface area (Å²) in [7, 11) is 1.62. The maximum absolute atomic E-state index is 13.1. The summed E-state index contributed by atoms with van der Waals surface area (Å²) in [5.41, 5.74) is -0.865. The molecule has 1 unspecified atom stereocenters. The van der Waals surface area contributed by atoms with Crippen LogP contribution in [0, 0.1) is 5.82 Å². The summed E-state index contributed by atoms with van der Waals surface area (Å²) >= 11 is 1.53. The summed E-state index contributed by atoms with van der Waals surface area (Å²) in [6.07, 6.45) is 0. The van der Waals surface area contributed by atoms with Crippen LogP contribution in [0.25, 0.3) is 0 Å². The second-order valence-corrected chi connectivity index (χ2v) is 7.31. The first kappa shape index (κ1) is 18.1. The van der Waals surface area contributed by atoms with Crippen LogP contribution in [0.15, 0.2) is 41.8 Å². The molecule has 1 aliphatic heterocycles. The highest BCUT2D eigenvalue weighted by Crippen LogP contribution is 2.29. The number of carbonyl (C=O) groups excluding carboxylic acids is 3. The molecule has 3 rings (SSSR count). The molecule has 1 N–H and O–H groups in total. The van der Waals surface area contributed by atoms with Crippen LogP contribution in [-0.4, -0.2) is 41.2 Å². The van der Waals surface area contributed by atoms with Crippen molar-refractivity contribution in [3.8, 4) is 0 Å². The Balaban J connectivity index is 1.72. The predicted octanol–water partition coefficient (Wildman–Crippen LogP) is 2.31. The Morgan fingerprint density at radius 1 is 1.27 bits per heavy atom. The number of nitrogens with one attached hydrogen (secondary N) is 1. The van der Waals surface area contributed by atoms with Crippen molar-refractivity contribution in [3.63, 3.8) is 0 Å². The van der Waals surface area contributed by atoms with Gasteiger partial charge in [0.1, 0.15) is 17.9 Å². The highest BCUT2D eigenvalue weighted by Gasteiger charge is 2.49. The molecule has 0 bridgehead atoms. The maximum atomic E-state index is 13.1. The van der Waals surface area contributed by atoms with Crippen LogP contribution in [0.5, 0.6) is 0 Å². The average Bonchev–Trinajstić information content (AvgIpc) is 3.18. The van der Waals surface area contributed by atoms with Gasteiger partial charge in [0.25, 0.3) is 5.91 Å². The molecule has 0 radical (unpaired) electrons. The van der Waals surface area contributed by atoms with Gasteiger partial charge in [-0.05, 0) is 36.1 Å². The largest absolute Gasteiger partial charge is 0.339 e. The number of hydrogen-bond donors (Lipinski definition) is 1. The highest BCUT2D eigenvalue weighted by atomic mass is 32.1. The van der Waals surface area contributed by atoms with Gasteiger partial charge in [0.2, 0.25) is 5.91 Å². The Morgan fingerprint density at radius 2 is 1.96 bits per heavy atom. The Morgan fingerprint density at radius 3 is 2.58 bits per heavy atom. The Hall–Kier alpha value is -2.74. The monoisotopic (exact) mass is 375 g/mol. The molecule has 2 heterocycles. The lowest BCUT2D eigenvalue weighted by Gasteiger charge is -2.23. The fraction of sp³-hybridized carbons (Fsp3) is 0.278. The first-order valence-electron chi connectivity index (χ1n) is 7.98. The van der Waals surface area contributed by atoms with E-state index in [0.717, 1.165) is 9.78 Å². The van der Waals surface area contributed by atoms with E-state index in [9.17, 15) is 18.8 Å². The summed E-state index contributed by atoms with van der Waals surface area (Å²) in [5, 5.41) is 4.52. The fourth-order valence-corrected chi connectivity index (χ4v) is 3.56. The van der Waals surface area contributed by atoms with Crippen molar-refractivity contribution in [1.82, 2.24) is 15.1 Å². The SMILES string of the molecule is CN(Cc1cccs1)C(=O)CN1C(=O)NC(C)(c2ccc(F)cc2)C1=O. The van der Waals surface area contributed by atoms with Gasteiger partial charge in [-0.3, -0.25) is 14.5 Å². The van der Waals surface area contributed by atoms with Gasteiger partial charge in [0, 0.05) is 11.9 Å². The number of benzene rings is 1. The third-order valence-electron chi connectivity index (χ3n) is 4.39. The molecule has 0 saturated carbocycles. The molecule has 6 nitrogen and oxygen atoms in total. The lowest BCUT2D eigenvalue weighted by molar-refractivity contribution is -0.138. The molecule has 1 aromatic carbocycles. The number of nitrogens with zero attached hydrogens (tertiary/aromatic N) is 2. The van der Waals surface area contributed by atoms with Crippen LogP contribution >= 0.6 is 11.3 Å². The molecule has 4 amide bonds. The van der Waals surface area contributed by atoms with E-state index in [-0.39, 0.29) is 12.5 Å². The number of halogens is 1. The molecule has 1 saturated heterocycles. The van der Waals surface area contributed by atoms with Gasteiger partial charge < -0.3 is 10.2 Å². The first-order valence-corrected chi connectivity index (χ1v) is 8.86. The molecule has 1 aliphatic rings. The van der Waals surface area contributed by atoms with Crippen LogP contribution in [0.2, 0.25) is 0 Å². The van der Waals surface area contributed by atoms with Crippen molar-refractivity contribution in [3.05, 3.63) is 58.0 Å². The van der Waals surface area contributed by atoms with E-state index in [4.69, 9.17) is 0 Å². The minimum Gasteiger partial charge on any atom is -0.339 e. The van der Waals surface area contributed by atoms with Gasteiger partial charge in [-0.25, -0.2) is 9.18 Å². The minimum atomic E-state index is -1.32. The van der Waals surface area contributed by atoms with Crippen LogP contribution in [-0.2, 0) is 21.7 Å². The van der Waals surface area contributed by atoms with Crippen molar-refractivity contribution in [2.45, 2.75) is 19.0 Å². The van der Waals surface area contributed by atoms with Gasteiger partial charge in [0.05, 0.1) is 6.54 Å².